The highest BCUT2D eigenvalue weighted by atomic mass is 16.5. The van der Waals surface area contributed by atoms with Crippen molar-refractivity contribution in [2.24, 2.45) is 0 Å². The molecule has 0 radical (unpaired) electrons. The van der Waals surface area contributed by atoms with Crippen LogP contribution in [-0.2, 0) is 4.74 Å². The third kappa shape index (κ3) is 5.53. The van der Waals surface area contributed by atoms with Crippen LogP contribution in [0.3, 0.4) is 0 Å². The van der Waals surface area contributed by atoms with E-state index in [4.69, 9.17) is 4.74 Å². The van der Waals surface area contributed by atoms with Gasteiger partial charge in [0.1, 0.15) is 11.4 Å². The third-order valence-corrected chi connectivity index (χ3v) is 5.71. The smallest absolute Gasteiger partial charge is 0.272 e. The number of H-pyrrole nitrogens is 2. The highest BCUT2D eigenvalue weighted by Crippen LogP contribution is 2.22. The Labute approximate surface area is 202 Å². The Hall–Kier alpha value is -4.50. The van der Waals surface area contributed by atoms with Crippen LogP contribution in [0.25, 0.3) is 0 Å². The van der Waals surface area contributed by atoms with Crippen molar-refractivity contribution in [3.05, 3.63) is 90.5 Å². The second kappa shape index (κ2) is 10.2. The molecule has 0 bridgehead atoms. The lowest BCUT2D eigenvalue weighted by molar-refractivity contribution is 0.101. The molecule has 1 saturated heterocycles. The van der Waals surface area contributed by atoms with Crippen molar-refractivity contribution in [2.75, 3.05) is 47.2 Å². The molecule has 5 rings (SSSR count). The van der Waals surface area contributed by atoms with Crippen LogP contribution >= 0.6 is 0 Å². The summed E-state index contributed by atoms with van der Waals surface area (Å²) in [5.41, 5.74) is 5.17. The Morgan fingerprint density at radius 3 is 1.89 bits per heavy atom. The molecule has 0 aliphatic carbocycles. The summed E-state index contributed by atoms with van der Waals surface area (Å²) in [7, 11) is 0. The molecule has 4 aromatic rings. The highest BCUT2D eigenvalue weighted by Gasteiger charge is 2.15. The number of morpholine rings is 1. The van der Waals surface area contributed by atoms with Gasteiger partial charge in [0.15, 0.2) is 0 Å². The van der Waals surface area contributed by atoms with E-state index in [0.29, 0.717) is 36.0 Å². The van der Waals surface area contributed by atoms with Gasteiger partial charge in [0.25, 0.3) is 11.8 Å². The molecule has 9 nitrogen and oxygen atoms in total. The molecule has 178 valence electrons. The summed E-state index contributed by atoms with van der Waals surface area (Å²) in [4.78, 5) is 32.9. The van der Waals surface area contributed by atoms with Crippen molar-refractivity contribution in [1.29, 1.82) is 0 Å². The van der Waals surface area contributed by atoms with Crippen LogP contribution in [0.4, 0.5) is 28.4 Å². The number of nitrogens with one attached hydrogen (secondary N) is 5. The molecule has 2 amide bonds. The Kier molecular flexibility index (Phi) is 6.49. The zero-order chi connectivity index (χ0) is 24.0. The molecule has 0 unspecified atom stereocenters. The van der Waals surface area contributed by atoms with Gasteiger partial charge in [-0.25, -0.2) is 0 Å². The Bertz CT molecular complexity index is 1270. The van der Waals surface area contributed by atoms with Crippen LogP contribution < -0.4 is 20.9 Å². The van der Waals surface area contributed by atoms with Gasteiger partial charge in [-0.2, -0.15) is 0 Å². The van der Waals surface area contributed by atoms with Crippen molar-refractivity contribution in [1.82, 2.24) is 9.97 Å². The number of carbonyl (C=O) groups excluding carboxylic acids is 2. The highest BCUT2D eigenvalue weighted by molar-refractivity contribution is 6.04. The first-order valence-electron chi connectivity index (χ1n) is 11.4. The number of hydrogen-bond donors (Lipinski definition) is 5. The average molecular weight is 471 g/mol. The number of benzene rings is 2. The molecule has 1 fully saturated rings. The fourth-order valence-electron chi connectivity index (χ4n) is 3.83. The number of aromatic nitrogens is 2. The lowest BCUT2D eigenvalue weighted by atomic mass is 10.2. The molecule has 1 aliphatic rings. The van der Waals surface area contributed by atoms with E-state index in [1.807, 2.05) is 60.8 Å². The molecule has 2 aromatic heterocycles. The first kappa shape index (κ1) is 22.3. The van der Waals surface area contributed by atoms with E-state index in [2.05, 4.69) is 30.8 Å². The van der Waals surface area contributed by atoms with Crippen LogP contribution in [-0.4, -0.2) is 48.1 Å². The molecule has 35 heavy (non-hydrogen) atoms. The van der Waals surface area contributed by atoms with Crippen molar-refractivity contribution in [2.45, 2.75) is 0 Å². The van der Waals surface area contributed by atoms with E-state index in [-0.39, 0.29) is 11.8 Å². The fourth-order valence-corrected chi connectivity index (χ4v) is 3.83. The summed E-state index contributed by atoms with van der Waals surface area (Å²) < 4.78 is 5.38. The topological polar surface area (TPSA) is 114 Å². The van der Waals surface area contributed by atoms with Crippen LogP contribution in [0, 0.1) is 0 Å². The van der Waals surface area contributed by atoms with Crippen LogP contribution in [0.1, 0.15) is 21.0 Å². The van der Waals surface area contributed by atoms with Gasteiger partial charge in [-0.05, 0) is 66.7 Å². The zero-order valence-corrected chi connectivity index (χ0v) is 19.0. The van der Waals surface area contributed by atoms with Gasteiger partial charge in [-0.15, -0.1) is 0 Å². The quantitative estimate of drug-likeness (QED) is 0.274. The molecule has 3 heterocycles. The van der Waals surface area contributed by atoms with Crippen LogP contribution in [0.5, 0.6) is 0 Å². The van der Waals surface area contributed by atoms with E-state index >= 15 is 0 Å². The Morgan fingerprint density at radius 1 is 0.743 bits per heavy atom. The van der Waals surface area contributed by atoms with Crippen LogP contribution in [0.2, 0.25) is 0 Å². The molecule has 0 atom stereocenters. The number of rotatable bonds is 7. The number of carbonyl (C=O) groups is 2. The van der Waals surface area contributed by atoms with Gasteiger partial charge in [-0.3, -0.25) is 9.59 Å². The molecule has 0 saturated carbocycles. The summed E-state index contributed by atoms with van der Waals surface area (Å²) in [6.07, 6.45) is 3.56. The number of ether oxygens (including phenoxy) is 1. The average Bonchev–Trinajstić information content (AvgIpc) is 3.60. The summed E-state index contributed by atoms with van der Waals surface area (Å²) in [5.74, 6) is -0.382. The predicted octanol–water partition coefficient (Wildman–Crippen LogP) is 4.43. The maximum absolute atomic E-state index is 12.6. The number of hydrogen-bond acceptors (Lipinski definition) is 5. The molecular weight excluding hydrogens is 444 g/mol. The summed E-state index contributed by atoms with van der Waals surface area (Å²) >= 11 is 0. The number of anilines is 5. The lowest BCUT2D eigenvalue weighted by Gasteiger charge is -2.27. The minimum Gasteiger partial charge on any atom is -0.378 e. The maximum Gasteiger partial charge on any atom is 0.272 e. The second-order valence-corrected chi connectivity index (χ2v) is 8.14. The number of aromatic amines is 2. The minimum absolute atomic E-state index is 0.190. The third-order valence-electron chi connectivity index (χ3n) is 5.71. The van der Waals surface area contributed by atoms with Crippen molar-refractivity contribution < 1.29 is 14.3 Å². The second-order valence-electron chi connectivity index (χ2n) is 8.14. The minimum atomic E-state index is -0.192. The van der Waals surface area contributed by atoms with E-state index in [1.165, 1.54) is 0 Å². The Balaban J connectivity index is 1.14. The molecular formula is C26H26N6O3. The normalized spacial score (nSPS) is 13.3. The molecule has 2 aromatic carbocycles. The molecule has 1 aliphatic heterocycles. The first-order valence-corrected chi connectivity index (χ1v) is 11.4. The largest absolute Gasteiger partial charge is 0.378 e. The van der Waals surface area contributed by atoms with Gasteiger partial charge in [0.05, 0.1) is 18.9 Å². The number of nitrogens with zero attached hydrogens (tertiary/aromatic N) is 1. The lowest BCUT2D eigenvalue weighted by Crippen LogP contribution is -2.35. The van der Waals surface area contributed by atoms with Crippen molar-refractivity contribution in [3.63, 3.8) is 0 Å². The molecule has 9 heteroatoms. The van der Waals surface area contributed by atoms with E-state index in [1.54, 1.807) is 18.3 Å². The van der Waals surface area contributed by atoms with Gasteiger partial charge < -0.3 is 35.6 Å². The van der Waals surface area contributed by atoms with E-state index in [9.17, 15) is 9.59 Å². The zero-order valence-electron chi connectivity index (χ0n) is 19.0. The van der Waals surface area contributed by atoms with Gasteiger partial charge in [-0.1, -0.05) is 0 Å². The summed E-state index contributed by atoms with van der Waals surface area (Å²) in [6.45, 7) is 3.03. The Morgan fingerprint density at radius 2 is 1.31 bits per heavy atom. The predicted molar refractivity (Wildman–Crippen MR) is 137 cm³/mol. The molecule has 5 N–H and O–H groups in total. The van der Waals surface area contributed by atoms with Gasteiger partial charge in [0, 0.05) is 48.2 Å². The summed E-state index contributed by atoms with van der Waals surface area (Å²) in [5, 5.41) is 9.07. The first-order chi connectivity index (χ1) is 17.1. The van der Waals surface area contributed by atoms with Gasteiger partial charge >= 0.3 is 0 Å². The van der Waals surface area contributed by atoms with Crippen LogP contribution in [0.15, 0.2) is 79.1 Å². The fraction of sp³-hybridized carbons (Fsp3) is 0.154. The van der Waals surface area contributed by atoms with Gasteiger partial charge in [0.2, 0.25) is 0 Å². The van der Waals surface area contributed by atoms with Crippen molar-refractivity contribution in [3.8, 4) is 0 Å². The van der Waals surface area contributed by atoms with E-state index in [0.717, 1.165) is 30.2 Å². The SMILES string of the molecule is O=C(Nc1ccc(Nc2ccc(NC(=O)c3cc(N4CCOCC4)c[nH]3)cc2)cc1)c1ccc[nH]1. The monoisotopic (exact) mass is 470 g/mol. The van der Waals surface area contributed by atoms with E-state index < -0.39 is 0 Å². The number of amides is 2. The van der Waals surface area contributed by atoms with Crippen molar-refractivity contribution >= 4 is 40.3 Å². The summed E-state index contributed by atoms with van der Waals surface area (Å²) in [6, 6.07) is 20.3. The molecule has 0 spiro atoms. The maximum atomic E-state index is 12.6. The standard InChI is InChI=1S/C26H26N6O3/c33-25(23-2-1-11-27-23)30-20-7-3-18(4-8-20)29-19-5-9-21(10-6-19)31-26(34)24-16-22(17-28-24)32-12-14-35-15-13-32/h1-11,16-17,27-29H,12-15H2,(H,30,33)(H,31,34).